The summed E-state index contributed by atoms with van der Waals surface area (Å²) < 4.78 is 36.1. The van der Waals surface area contributed by atoms with Gasteiger partial charge < -0.3 is 0 Å². The van der Waals surface area contributed by atoms with Crippen molar-refractivity contribution < 1.29 is 13.2 Å². The van der Waals surface area contributed by atoms with Crippen molar-refractivity contribution in [2.24, 2.45) is 11.3 Å². The van der Waals surface area contributed by atoms with E-state index in [1.165, 1.54) is 0 Å². The van der Waals surface area contributed by atoms with Crippen molar-refractivity contribution in [3.8, 4) is 0 Å². The molecule has 0 aromatic rings. The zero-order chi connectivity index (χ0) is 11.4. The van der Waals surface area contributed by atoms with Crippen LogP contribution in [0, 0.1) is 11.3 Å². The molecule has 1 aliphatic carbocycles. The van der Waals surface area contributed by atoms with Gasteiger partial charge in [0.1, 0.15) is 4.33 Å². The van der Waals surface area contributed by atoms with Gasteiger partial charge in [-0.3, -0.25) is 0 Å². The van der Waals surface area contributed by atoms with Crippen LogP contribution >= 0.6 is 34.8 Å². The Balaban J connectivity index is 2.97. The maximum Gasteiger partial charge on any atom is 0.392 e. The quantitative estimate of drug-likeness (QED) is 0.653. The summed E-state index contributed by atoms with van der Waals surface area (Å²) in [5.74, 6) is -1.59. The fraction of sp³-hybridized carbons (Fsp3) is 1.00. The van der Waals surface area contributed by atoms with Crippen LogP contribution < -0.4 is 0 Å². The summed E-state index contributed by atoms with van der Waals surface area (Å²) in [6, 6.07) is 0. The van der Waals surface area contributed by atoms with E-state index in [0.29, 0.717) is 0 Å². The highest BCUT2D eigenvalue weighted by molar-refractivity contribution is 6.57. The van der Waals surface area contributed by atoms with Crippen molar-refractivity contribution >= 4 is 34.8 Å². The van der Waals surface area contributed by atoms with Crippen LogP contribution in [0.4, 0.5) is 13.2 Å². The smallest absolute Gasteiger partial charge is 0.171 e. The van der Waals surface area contributed by atoms with Gasteiger partial charge in [0, 0.05) is 5.41 Å². The zero-order valence-corrected chi connectivity index (χ0v) is 9.90. The lowest BCUT2D eigenvalue weighted by Crippen LogP contribution is -2.32. The normalized spacial score (nSPS) is 38.1. The van der Waals surface area contributed by atoms with E-state index in [2.05, 4.69) is 0 Å². The third-order valence-electron chi connectivity index (χ3n) is 3.16. The summed E-state index contributed by atoms with van der Waals surface area (Å²) in [7, 11) is 0. The Morgan fingerprint density at radius 2 is 1.71 bits per heavy atom. The zero-order valence-electron chi connectivity index (χ0n) is 7.63. The summed E-state index contributed by atoms with van der Waals surface area (Å²) in [4.78, 5) is 0. The van der Waals surface area contributed by atoms with Crippen molar-refractivity contribution in [1.29, 1.82) is 0 Å². The van der Waals surface area contributed by atoms with Crippen LogP contribution in [0.2, 0.25) is 0 Å². The fourth-order valence-electron chi connectivity index (χ4n) is 1.95. The molecule has 0 nitrogen and oxygen atoms in total. The third-order valence-corrected chi connectivity index (χ3v) is 5.24. The minimum absolute atomic E-state index is 0.217. The van der Waals surface area contributed by atoms with E-state index in [1.807, 2.05) is 0 Å². The van der Waals surface area contributed by atoms with E-state index in [-0.39, 0.29) is 6.42 Å². The summed E-state index contributed by atoms with van der Waals surface area (Å²) in [5, 5.41) is -0.833. The standard InChI is InChI=1S/C8H10Cl3F3/c1-3-6(4(2)8(12,13)14)5(9)7(6,10)11/h4-5H,3H2,1-2H3. The number of alkyl halides is 6. The molecule has 84 valence electrons. The predicted octanol–water partition coefficient (Wildman–Crippen LogP) is 4.38. The number of halogens is 6. The van der Waals surface area contributed by atoms with Crippen LogP contribution in [0.15, 0.2) is 0 Å². The molecule has 6 heteroatoms. The van der Waals surface area contributed by atoms with Crippen LogP contribution in [0.5, 0.6) is 0 Å². The van der Waals surface area contributed by atoms with Crippen LogP contribution in [0.25, 0.3) is 0 Å². The number of hydrogen-bond donors (Lipinski definition) is 0. The second-order valence-electron chi connectivity index (χ2n) is 3.64. The fourth-order valence-corrected chi connectivity index (χ4v) is 3.81. The van der Waals surface area contributed by atoms with E-state index < -0.39 is 27.2 Å². The van der Waals surface area contributed by atoms with Gasteiger partial charge in [-0.2, -0.15) is 13.2 Å². The average Bonchev–Trinajstić information content (AvgIpc) is 2.45. The molecule has 0 amide bonds. The first-order valence-corrected chi connectivity index (χ1v) is 5.40. The lowest BCUT2D eigenvalue weighted by Gasteiger charge is -2.26. The molecule has 1 fully saturated rings. The molecule has 0 aromatic carbocycles. The largest absolute Gasteiger partial charge is 0.392 e. The van der Waals surface area contributed by atoms with Gasteiger partial charge in [0.25, 0.3) is 0 Å². The molecule has 0 saturated heterocycles. The molecule has 3 atom stereocenters. The van der Waals surface area contributed by atoms with Gasteiger partial charge >= 0.3 is 6.18 Å². The van der Waals surface area contributed by atoms with Crippen molar-refractivity contribution in [3.05, 3.63) is 0 Å². The van der Waals surface area contributed by atoms with E-state index in [4.69, 9.17) is 34.8 Å². The van der Waals surface area contributed by atoms with Crippen molar-refractivity contribution in [2.75, 3.05) is 0 Å². The van der Waals surface area contributed by atoms with Crippen molar-refractivity contribution in [2.45, 2.75) is 36.2 Å². The molecule has 1 saturated carbocycles. The molecule has 0 radical (unpaired) electrons. The minimum atomic E-state index is -4.31. The van der Waals surface area contributed by atoms with E-state index >= 15 is 0 Å². The number of hydrogen-bond acceptors (Lipinski definition) is 0. The van der Waals surface area contributed by atoms with E-state index in [9.17, 15) is 13.2 Å². The lowest BCUT2D eigenvalue weighted by atomic mass is 9.87. The first kappa shape index (κ1) is 12.7. The van der Waals surface area contributed by atoms with Crippen LogP contribution in [0.1, 0.15) is 20.3 Å². The van der Waals surface area contributed by atoms with Crippen molar-refractivity contribution in [3.63, 3.8) is 0 Å². The Kier molecular flexibility index (Phi) is 3.02. The van der Waals surface area contributed by atoms with Gasteiger partial charge in [-0.15, -0.1) is 11.6 Å². The van der Waals surface area contributed by atoms with Gasteiger partial charge in [0.05, 0.1) is 11.3 Å². The molecule has 0 N–H and O–H groups in total. The monoisotopic (exact) mass is 268 g/mol. The second kappa shape index (κ2) is 3.33. The Bertz CT molecular complexity index is 238. The van der Waals surface area contributed by atoms with Gasteiger partial charge in [0.2, 0.25) is 0 Å². The minimum Gasteiger partial charge on any atom is -0.171 e. The first-order valence-electron chi connectivity index (χ1n) is 4.21. The highest BCUT2D eigenvalue weighted by Crippen LogP contribution is 2.74. The molecule has 0 aromatic heterocycles. The second-order valence-corrected chi connectivity index (χ2v) is 5.47. The van der Waals surface area contributed by atoms with Crippen LogP contribution in [0.3, 0.4) is 0 Å². The highest BCUT2D eigenvalue weighted by Gasteiger charge is 2.79. The van der Waals surface area contributed by atoms with Gasteiger partial charge in [0.15, 0.2) is 0 Å². The Labute approximate surface area is 95.7 Å². The van der Waals surface area contributed by atoms with Crippen molar-refractivity contribution in [1.82, 2.24) is 0 Å². The molecule has 14 heavy (non-hydrogen) atoms. The first-order chi connectivity index (χ1) is 6.12. The molecule has 0 aliphatic heterocycles. The molecular weight excluding hydrogens is 259 g/mol. The third kappa shape index (κ3) is 1.43. The van der Waals surface area contributed by atoms with Gasteiger partial charge in [-0.05, 0) is 6.42 Å². The summed E-state index contributed by atoms with van der Waals surface area (Å²) in [5.41, 5.74) is -1.24. The van der Waals surface area contributed by atoms with E-state index in [1.54, 1.807) is 6.92 Å². The van der Waals surface area contributed by atoms with Gasteiger partial charge in [-0.25, -0.2) is 0 Å². The van der Waals surface area contributed by atoms with E-state index in [0.717, 1.165) is 6.92 Å². The Morgan fingerprint density at radius 3 is 1.79 bits per heavy atom. The molecule has 0 heterocycles. The molecular formula is C8H10Cl3F3. The SMILES string of the molecule is CCC1(C(C)C(F)(F)F)C(Cl)C1(Cl)Cl. The predicted molar refractivity (Wildman–Crippen MR) is 52.0 cm³/mol. The number of rotatable bonds is 2. The molecule has 0 bridgehead atoms. The maximum atomic E-state index is 12.5. The molecule has 3 unspecified atom stereocenters. The summed E-state index contributed by atoms with van der Waals surface area (Å²) >= 11 is 17.2. The maximum absolute atomic E-state index is 12.5. The topological polar surface area (TPSA) is 0 Å². The highest BCUT2D eigenvalue weighted by atomic mass is 35.5. The molecule has 1 rings (SSSR count). The summed E-state index contributed by atoms with van der Waals surface area (Å²) in [6.07, 6.45) is -4.09. The van der Waals surface area contributed by atoms with Crippen LogP contribution in [-0.2, 0) is 0 Å². The molecule has 1 aliphatic rings. The Hall–Kier alpha value is 0.660. The van der Waals surface area contributed by atoms with Gasteiger partial charge in [-0.1, -0.05) is 37.0 Å². The Morgan fingerprint density at radius 1 is 1.36 bits per heavy atom. The molecule has 0 spiro atoms. The lowest BCUT2D eigenvalue weighted by molar-refractivity contribution is -0.188. The summed E-state index contributed by atoms with van der Waals surface area (Å²) in [6.45, 7) is 2.69. The average molecular weight is 270 g/mol. The van der Waals surface area contributed by atoms with Crippen LogP contribution in [-0.4, -0.2) is 15.9 Å².